The maximum absolute atomic E-state index is 11.3. The maximum Gasteiger partial charge on any atom is 0.384 e. The van der Waals surface area contributed by atoms with Crippen LogP contribution in [-0.4, -0.2) is 26.8 Å². The van der Waals surface area contributed by atoms with Crippen LogP contribution in [-0.2, 0) is 16.8 Å². The summed E-state index contributed by atoms with van der Waals surface area (Å²) in [5.41, 5.74) is 6.33. The summed E-state index contributed by atoms with van der Waals surface area (Å²) in [5, 5.41) is 0. The van der Waals surface area contributed by atoms with E-state index in [1.165, 1.54) is 14.1 Å². The fraction of sp³-hybridized carbons (Fsp3) is 0.333. The Kier molecular flexibility index (Phi) is 3.67. The number of rotatable bonds is 4. The predicted molar refractivity (Wildman–Crippen MR) is 57.6 cm³/mol. The lowest BCUT2D eigenvalue weighted by molar-refractivity contribution is 0.421. The Morgan fingerprint density at radius 3 is 2.20 bits per heavy atom. The first-order valence-corrected chi connectivity index (χ1v) is 5.73. The summed E-state index contributed by atoms with van der Waals surface area (Å²) >= 11 is 0. The summed E-state index contributed by atoms with van der Waals surface area (Å²) in [6.45, 7) is 0.417. The summed E-state index contributed by atoms with van der Waals surface area (Å²) in [5.74, 6) is 0.279. The molecule has 0 radical (unpaired) electrons. The van der Waals surface area contributed by atoms with Gasteiger partial charge in [0.1, 0.15) is 5.75 Å². The molecule has 0 heterocycles. The molecule has 84 valence electrons. The number of nitrogens with zero attached hydrogens (tertiary/aromatic N) is 1. The van der Waals surface area contributed by atoms with Crippen LogP contribution >= 0.6 is 0 Å². The second kappa shape index (κ2) is 4.61. The average molecular weight is 230 g/mol. The van der Waals surface area contributed by atoms with Crippen molar-refractivity contribution in [3.63, 3.8) is 0 Å². The van der Waals surface area contributed by atoms with Gasteiger partial charge in [-0.3, -0.25) is 0 Å². The van der Waals surface area contributed by atoms with Crippen LogP contribution in [0.1, 0.15) is 5.56 Å². The summed E-state index contributed by atoms with van der Waals surface area (Å²) in [6, 6.07) is 6.59. The highest BCUT2D eigenvalue weighted by Gasteiger charge is 2.15. The Labute approximate surface area is 89.7 Å². The summed E-state index contributed by atoms with van der Waals surface area (Å²) in [7, 11) is -0.856. The molecule has 5 nitrogen and oxygen atoms in total. The minimum absolute atomic E-state index is 0.279. The largest absolute Gasteiger partial charge is 0.384 e. The Morgan fingerprint density at radius 1 is 1.27 bits per heavy atom. The molecule has 15 heavy (non-hydrogen) atoms. The quantitative estimate of drug-likeness (QED) is 0.809. The molecule has 1 aromatic rings. The van der Waals surface area contributed by atoms with Gasteiger partial charge in [-0.25, -0.2) is 0 Å². The number of benzene rings is 1. The first kappa shape index (κ1) is 12.0. The van der Waals surface area contributed by atoms with Crippen molar-refractivity contribution in [3.05, 3.63) is 29.8 Å². The third-order valence-corrected chi connectivity index (χ3v) is 3.11. The summed E-state index contributed by atoms with van der Waals surface area (Å²) in [4.78, 5) is 0. The summed E-state index contributed by atoms with van der Waals surface area (Å²) < 4.78 is 28.5. The molecule has 0 amide bonds. The van der Waals surface area contributed by atoms with E-state index < -0.39 is 10.3 Å². The minimum Gasteiger partial charge on any atom is -0.371 e. The van der Waals surface area contributed by atoms with Crippen LogP contribution in [0.3, 0.4) is 0 Å². The van der Waals surface area contributed by atoms with E-state index in [1.54, 1.807) is 24.3 Å². The molecule has 0 aromatic heterocycles. The van der Waals surface area contributed by atoms with Crippen molar-refractivity contribution in [3.8, 4) is 5.75 Å². The SMILES string of the molecule is CN(C)S(=O)(=O)Oc1ccc(CN)cc1. The van der Waals surface area contributed by atoms with Crippen LogP contribution in [0.15, 0.2) is 24.3 Å². The monoisotopic (exact) mass is 230 g/mol. The van der Waals surface area contributed by atoms with Gasteiger partial charge in [-0.1, -0.05) is 12.1 Å². The van der Waals surface area contributed by atoms with E-state index >= 15 is 0 Å². The smallest absolute Gasteiger partial charge is 0.371 e. The van der Waals surface area contributed by atoms with E-state index in [2.05, 4.69) is 0 Å². The van der Waals surface area contributed by atoms with Crippen LogP contribution in [0.25, 0.3) is 0 Å². The molecule has 1 rings (SSSR count). The molecule has 1 aromatic carbocycles. The standard InChI is InChI=1S/C9H14N2O3S/c1-11(2)15(12,13)14-9-5-3-8(7-10)4-6-9/h3-6H,7,10H2,1-2H3. The van der Waals surface area contributed by atoms with Crippen molar-refractivity contribution in [1.29, 1.82) is 0 Å². The second-order valence-electron chi connectivity index (χ2n) is 3.17. The lowest BCUT2D eigenvalue weighted by Gasteiger charge is -2.11. The van der Waals surface area contributed by atoms with Gasteiger partial charge in [0.25, 0.3) is 0 Å². The Morgan fingerprint density at radius 2 is 1.80 bits per heavy atom. The molecule has 0 aliphatic rings. The van der Waals surface area contributed by atoms with Crippen LogP contribution < -0.4 is 9.92 Å². The normalized spacial score (nSPS) is 11.7. The molecular weight excluding hydrogens is 216 g/mol. The molecule has 0 atom stereocenters. The van der Waals surface area contributed by atoms with E-state index in [4.69, 9.17) is 9.92 Å². The van der Waals surface area contributed by atoms with Gasteiger partial charge < -0.3 is 9.92 Å². The van der Waals surface area contributed by atoms with Crippen LogP contribution in [0.4, 0.5) is 0 Å². The Bertz CT molecular complexity index is 411. The lowest BCUT2D eigenvalue weighted by atomic mass is 10.2. The zero-order valence-corrected chi connectivity index (χ0v) is 9.49. The molecule has 0 bridgehead atoms. The van der Waals surface area contributed by atoms with Gasteiger partial charge in [-0.2, -0.15) is 12.7 Å². The van der Waals surface area contributed by atoms with Gasteiger partial charge in [-0.05, 0) is 17.7 Å². The minimum atomic E-state index is -3.67. The third kappa shape index (κ3) is 3.19. The number of nitrogens with two attached hydrogens (primary N) is 1. The molecule has 0 saturated carbocycles. The first-order valence-electron chi connectivity index (χ1n) is 4.36. The highest BCUT2D eigenvalue weighted by Crippen LogP contribution is 2.14. The second-order valence-corrected chi connectivity index (χ2v) is 4.92. The van der Waals surface area contributed by atoms with Gasteiger partial charge in [-0.15, -0.1) is 0 Å². The molecular formula is C9H14N2O3S. The zero-order chi connectivity index (χ0) is 11.5. The van der Waals surface area contributed by atoms with E-state index in [9.17, 15) is 8.42 Å². The molecule has 0 aliphatic carbocycles. The van der Waals surface area contributed by atoms with E-state index in [-0.39, 0.29) is 5.75 Å². The fourth-order valence-corrected chi connectivity index (χ4v) is 1.38. The van der Waals surface area contributed by atoms with Crippen LogP contribution in [0.5, 0.6) is 5.75 Å². The average Bonchev–Trinajstić information content (AvgIpc) is 2.18. The molecule has 0 unspecified atom stereocenters. The maximum atomic E-state index is 11.3. The van der Waals surface area contributed by atoms with Gasteiger partial charge >= 0.3 is 10.3 Å². The molecule has 2 N–H and O–H groups in total. The Hall–Kier alpha value is -1.11. The molecule has 0 aliphatic heterocycles. The van der Waals surface area contributed by atoms with Gasteiger partial charge in [0.15, 0.2) is 0 Å². The van der Waals surface area contributed by atoms with Crippen molar-refractivity contribution in [2.24, 2.45) is 5.73 Å². The van der Waals surface area contributed by atoms with E-state index in [1.807, 2.05) is 0 Å². The van der Waals surface area contributed by atoms with Gasteiger partial charge in [0, 0.05) is 20.6 Å². The number of hydrogen-bond donors (Lipinski definition) is 1. The molecule has 0 fully saturated rings. The van der Waals surface area contributed by atoms with Crippen LogP contribution in [0, 0.1) is 0 Å². The summed E-state index contributed by atoms with van der Waals surface area (Å²) in [6.07, 6.45) is 0. The van der Waals surface area contributed by atoms with Crippen molar-refractivity contribution >= 4 is 10.3 Å². The van der Waals surface area contributed by atoms with E-state index in [0.29, 0.717) is 6.54 Å². The third-order valence-electron chi connectivity index (χ3n) is 1.81. The topological polar surface area (TPSA) is 72.6 Å². The van der Waals surface area contributed by atoms with Crippen molar-refractivity contribution in [2.75, 3.05) is 14.1 Å². The van der Waals surface area contributed by atoms with Gasteiger partial charge in [0.05, 0.1) is 0 Å². The van der Waals surface area contributed by atoms with Gasteiger partial charge in [0.2, 0.25) is 0 Å². The highest BCUT2D eigenvalue weighted by atomic mass is 32.2. The molecule has 0 saturated heterocycles. The molecule has 6 heteroatoms. The molecule has 0 spiro atoms. The highest BCUT2D eigenvalue weighted by molar-refractivity contribution is 7.84. The van der Waals surface area contributed by atoms with Crippen LogP contribution in [0.2, 0.25) is 0 Å². The Balaban J connectivity index is 2.82. The lowest BCUT2D eigenvalue weighted by Crippen LogP contribution is -2.27. The fourth-order valence-electron chi connectivity index (χ4n) is 0.877. The zero-order valence-electron chi connectivity index (χ0n) is 8.67. The van der Waals surface area contributed by atoms with E-state index in [0.717, 1.165) is 9.87 Å². The number of hydrogen-bond acceptors (Lipinski definition) is 4. The van der Waals surface area contributed by atoms with Crippen molar-refractivity contribution < 1.29 is 12.6 Å². The predicted octanol–water partition coefficient (Wildman–Crippen LogP) is 0.331. The van der Waals surface area contributed by atoms with Crippen molar-refractivity contribution in [2.45, 2.75) is 6.54 Å². The van der Waals surface area contributed by atoms with Crippen molar-refractivity contribution in [1.82, 2.24) is 4.31 Å². The first-order chi connectivity index (χ1) is 6.95.